The second kappa shape index (κ2) is 45.2. The molecule has 0 radical (unpaired) electrons. The van der Waals surface area contributed by atoms with Crippen molar-refractivity contribution in [3.05, 3.63) is 60.8 Å². The molecule has 11 atom stereocenters. The van der Waals surface area contributed by atoms with Crippen LogP contribution in [0.25, 0.3) is 0 Å². The van der Waals surface area contributed by atoms with Crippen molar-refractivity contribution in [3.8, 4) is 0 Å². The predicted molar refractivity (Wildman–Crippen MR) is 289 cm³/mol. The van der Waals surface area contributed by atoms with Gasteiger partial charge in [0.15, 0.2) is 18.7 Å². The number of ether oxygens (including phenoxy) is 6. The van der Waals surface area contributed by atoms with E-state index in [1.54, 1.807) is 0 Å². The first-order valence-electron chi connectivity index (χ1n) is 28.9. The second-order valence-corrected chi connectivity index (χ2v) is 20.1. The van der Waals surface area contributed by atoms with Gasteiger partial charge < -0.3 is 64.2 Å². The Morgan fingerprint density at radius 3 is 1.32 bits per heavy atom. The van der Waals surface area contributed by atoms with E-state index in [2.05, 4.69) is 68.5 Å². The first-order valence-corrected chi connectivity index (χ1v) is 28.9. The number of aliphatic hydroxyl groups excluding tert-OH is 7. The summed E-state index contributed by atoms with van der Waals surface area (Å²) in [6.45, 7) is 2.54. The van der Waals surface area contributed by atoms with E-state index in [9.17, 15) is 45.3 Å². The predicted octanol–water partition coefficient (Wildman–Crippen LogP) is 9.61. The highest BCUT2D eigenvalue weighted by Crippen LogP contribution is 2.26. The molecule has 2 saturated heterocycles. The van der Waals surface area contributed by atoms with Crippen molar-refractivity contribution >= 4 is 11.9 Å². The summed E-state index contributed by atoms with van der Waals surface area (Å²) in [7, 11) is 0. The van der Waals surface area contributed by atoms with Crippen LogP contribution in [0.3, 0.4) is 0 Å². The molecule has 2 fully saturated rings. The van der Waals surface area contributed by atoms with E-state index in [1.807, 2.05) is 6.08 Å². The van der Waals surface area contributed by atoms with Gasteiger partial charge in [0.25, 0.3) is 0 Å². The molecular formula is C59H102O15. The van der Waals surface area contributed by atoms with Gasteiger partial charge in [0.1, 0.15) is 55.4 Å². The van der Waals surface area contributed by atoms with E-state index in [0.29, 0.717) is 19.3 Å². The smallest absolute Gasteiger partial charge is 0.306 e. The first kappa shape index (κ1) is 67.3. The molecule has 0 spiro atoms. The van der Waals surface area contributed by atoms with Crippen LogP contribution in [0.15, 0.2) is 60.8 Å². The van der Waals surface area contributed by atoms with Crippen LogP contribution in [0.5, 0.6) is 0 Å². The fourth-order valence-electron chi connectivity index (χ4n) is 8.73. The van der Waals surface area contributed by atoms with Crippen molar-refractivity contribution in [2.45, 2.75) is 274 Å². The highest BCUT2D eigenvalue weighted by Gasteiger charge is 2.47. The minimum absolute atomic E-state index is 0.139. The van der Waals surface area contributed by atoms with Crippen molar-refractivity contribution in [1.82, 2.24) is 0 Å². The molecule has 0 aromatic heterocycles. The monoisotopic (exact) mass is 1050 g/mol. The summed E-state index contributed by atoms with van der Waals surface area (Å²) in [6.07, 6.45) is 36.8. The Balaban J connectivity index is 1.79. The number of hydrogen-bond acceptors (Lipinski definition) is 15. The number of hydrogen-bond donors (Lipinski definition) is 7. The maximum atomic E-state index is 13.1. The average Bonchev–Trinajstić information content (AvgIpc) is 3.39. The molecule has 2 heterocycles. The van der Waals surface area contributed by atoms with Crippen LogP contribution in [-0.2, 0) is 38.0 Å². The number of esters is 2. The van der Waals surface area contributed by atoms with Gasteiger partial charge in [-0.2, -0.15) is 0 Å². The third-order valence-corrected chi connectivity index (χ3v) is 13.5. The highest BCUT2D eigenvalue weighted by atomic mass is 16.7. The van der Waals surface area contributed by atoms with Crippen LogP contribution < -0.4 is 0 Å². The van der Waals surface area contributed by atoms with Crippen LogP contribution >= 0.6 is 0 Å². The van der Waals surface area contributed by atoms with Crippen LogP contribution in [-0.4, -0.2) is 142 Å². The quantitative estimate of drug-likeness (QED) is 0.0171. The lowest BCUT2D eigenvalue weighted by molar-refractivity contribution is -0.332. The van der Waals surface area contributed by atoms with Gasteiger partial charge >= 0.3 is 11.9 Å². The van der Waals surface area contributed by atoms with Crippen LogP contribution in [0.4, 0.5) is 0 Å². The summed E-state index contributed by atoms with van der Waals surface area (Å²) >= 11 is 0. The zero-order valence-electron chi connectivity index (χ0n) is 45.6. The first-order chi connectivity index (χ1) is 36.0. The molecule has 0 aromatic rings. The molecule has 0 saturated carbocycles. The maximum absolute atomic E-state index is 13.1. The van der Waals surface area contributed by atoms with Gasteiger partial charge in [0.2, 0.25) is 0 Å². The summed E-state index contributed by atoms with van der Waals surface area (Å²) < 4.78 is 33.6. The van der Waals surface area contributed by atoms with Crippen molar-refractivity contribution in [1.29, 1.82) is 0 Å². The summed E-state index contributed by atoms with van der Waals surface area (Å²) in [5.41, 5.74) is 0. The lowest BCUT2D eigenvalue weighted by Crippen LogP contribution is -2.61. The van der Waals surface area contributed by atoms with E-state index < -0.39 is 99.3 Å². The Labute approximate surface area is 445 Å². The molecule has 428 valence electrons. The van der Waals surface area contributed by atoms with Gasteiger partial charge in [-0.1, -0.05) is 177 Å². The zero-order valence-corrected chi connectivity index (χ0v) is 45.6. The molecule has 74 heavy (non-hydrogen) atoms. The average molecular weight is 1050 g/mol. The lowest BCUT2D eigenvalue weighted by atomic mass is 9.98. The summed E-state index contributed by atoms with van der Waals surface area (Å²) in [5.74, 6) is -0.994. The zero-order chi connectivity index (χ0) is 53.9. The Kier molecular flexibility index (Phi) is 41.2. The third-order valence-electron chi connectivity index (χ3n) is 13.5. The van der Waals surface area contributed by atoms with Gasteiger partial charge in [-0.05, 0) is 77.0 Å². The SMILES string of the molecule is CCCCCCCC/C=C/CCCCCCCCCC(=O)O[C@@H](COC(=O)CCC/C=C/C/C=C/C/C=C/C/C=C/CCCCCCCCC)CO[C@@H]1O[C@H](CO[C@@H]2O[C@H](CO)[C@H](O)C(O)C2O)[C@H](O)C(O)C1O. The van der Waals surface area contributed by atoms with Crippen molar-refractivity contribution in [2.75, 3.05) is 26.4 Å². The fraction of sp³-hybridized carbons (Fsp3) is 0.797. The van der Waals surface area contributed by atoms with E-state index in [-0.39, 0.29) is 19.4 Å². The number of allylic oxidation sites excluding steroid dienone is 10. The normalized spacial score (nSPS) is 25.1. The van der Waals surface area contributed by atoms with Gasteiger partial charge in [-0.25, -0.2) is 0 Å². The molecule has 0 amide bonds. The molecule has 2 aliphatic heterocycles. The van der Waals surface area contributed by atoms with Crippen LogP contribution in [0.1, 0.15) is 206 Å². The highest BCUT2D eigenvalue weighted by molar-refractivity contribution is 5.70. The standard InChI is InChI=1S/C59H102O15/c1-3-5-7-9-11-13-15-17-19-21-22-23-24-26-27-29-31-33-35-37-39-41-50(61)69-44-47(72-51(62)42-40-38-36-34-32-30-28-25-20-18-16-14-12-10-8-6-4-2)45-70-58-57(68)55(66)53(64)49(74-58)46-71-59-56(67)54(65)52(63)48(43-60)73-59/h18-21,23-24,27,29,33,35,47-49,52-60,63-68H,3-17,22,25-26,28,30-32,34,36-46H2,1-2H3/b20-18+,21-19+,24-23+,29-27+,35-33+/t47-,48+,49+,52-,53-,54?,55?,56?,57?,58+,59+/m0/s1. The Hall–Kier alpha value is -2.80. The Morgan fingerprint density at radius 1 is 0.432 bits per heavy atom. The number of carbonyl (C=O) groups excluding carboxylic acids is 2. The van der Waals surface area contributed by atoms with Crippen molar-refractivity contribution in [3.63, 3.8) is 0 Å². The summed E-state index contributed by atoms with van der Waals surface area (Å²) in [5, 5.41) is 72.2. The Morgan fingerprint density at radius 2 is 0.824 bits per heavy atom. The topological polar surface area (TPSA) is 231 Å². The molecule has 0 aromatic carbocycles. The van der Waals surface area contributed by atoms with E-state index in [1.165, 1.54) is 103 Å². The summed E-state index contributed by atoms with van der Waals surface area (Å²) in [6, 6.07) is 0. The minimum atomic E-state index is -1.78. The fourth-order valence-corrected chi connectivity index (χ4v) is 8.73. The molecule has 15 nitrogen and oxygen atoms in total. The molecule has 4 unspecified atom stereocenters. The van der Waals surface area contributed by atoms with Crippen LogP contribution in [0, 0.1) is 0 Å². The molecule has 0 bridgehead atoms. The largest absolute Gasteiger partial charge is 0.462 e. The number of aliphatic hydroxyl groups is 7. The Bertz CT molecular complexity index is 1520. The molecular weight excluding hydrogens is 949 g/mol. The van der Waals surface area contributed by atoms with Gasteiger partial charge in [0, 0.05) is 12.8 Å². The molecule has 0 aliphatic carbocycles. The molecule has 2 aliphatic rings. The van der Waals surface area contributed by atoms with Gasteiger partial charge in [-0.3, -0.25) is 9.59 Å². The van der Waals surface area contributed by atoms with Crippen molar-refractivity contribution < 1.29 is 73.8 Å². The maximum Gasteiger partial charge on any atom is 0.306 e. The number of unbranched alkanes of at least 4 members (excludes halogenated alkanes) is 21. The van der Waals surface area contributed by atoms with Gasteiger partial charge in [0.05, 0.1) is 19.8 Å². The van der Waals surface area contributed by atoms with E-state index in [4.69, 9.17) is 28.4 Å². The van der Waals surface area contributed by atoms with Crippen LogP contribution in [0.2, 0.25) is 0 Å². The molecule has 15 heteroatoms. The van der Waals surface area contributed by atoms with E-state index >= 15 is 0 Å². The van der Waals surface area contributed by atoms with E-state index in [0.717, 1.165) is 57.8 Å². The van der Waals surface area contributed by atoms with Crippen molar-refractivity contribution in [2.24, 2.45) is 0 Å². The second-order valence-electron chi connectivity index (χ2n) is 20.1. The number of carbonyl (C=O) groups is 2. The number of rotatable bonds is 45. The molecule has 2 rings (SSSR count). The third kappa shape index (κ3) is 32.1. The van der Waals surface area contributed by atoms with Gasteiger partial charge in [-0.15, -0.1) is 0 Å². The lowest BCUT2D eigenvalue weighted by Gasteiger charge is -2.42. The minimum Gasteiger partial charge on any atom is -0.462 e. The molecule has 7 N–H and O–H groups in total. The summed E-state index contributed by atoms with van der Waals surface area (Å²) in [4.78, 5) is 25.9.